The largest absolute Gasteiger partial charge is 0.319 e. The van der Waals surface area contributed by atoms with Crippen LogP contribution in [0.2, 0.25) is 0 Å². The summed E-state index contributed by atoms with van der Waals surface area (Å²) in [6, 6.07) is 6.62. The van der Waals surface area contributed by atoms with Crippen LogP contribution in [0.25, 0.3) is 0 Å². The van der Waals surface area contributed by atoms with Crippen LogP contribution in [0, 0.1) is 5.82 Å². The van der Waals surface area contributed by atoms with E-state index in [4.69, 9.17) is 5.10 Å². The normalized spacial score (nSPS) is 12.1. The highest BCUT2D eigenvalue weighted by molar-refractivity contribution is 5.85. The minimum absolute atomic E-state index is 0.243. The molecule has 0 unspecified atom stereocenters. The molecule has 1 rings (SSSR count). The Morgan fingerprint density at radius 3 is 2.54 bits per heavy atom. The Bertz CT molecular complexity index is 577. The van der Waals surface area contributed by atoms with Gasteiger partial charge in [0.15, 0.2) is 0 Å². The molecule has 3 nitrogen and oxygen atoms in total. The van der Waals surface area contributed by atoms with Crippen LogP contribution in [-0.2, 0) is 0 Å². The molecule has 0 aromatic heterocycles. The summed E-state index contributed by atoms with van der Waals surface area (Å²) in [5.74, 6) is -0.243. The number of halogens is 1. The van der Waals surface area contributed by atoms with Crippen LogP contribution in [0.4, 0.5) is 10.1 Å². The van der Waals surface area contributed by atoms with Crippen molar-refractivity contribution < 1.29 is 4.39 Å². The molecule has 0 aliphatic rings. The Kier molecular flexibility index (Phi) is 14.2. The van der Waals surface area contributed by atoms with E-state index in [0.29, 0.717) is 6.54 Å². The van der Waals surface area contributed by atoms with Gasteiger partial charge in [-0.25, -0.2) is 4.39 Å². The maximum Gasteiger partial charge on any atom is 0.125 e. The highest BCUT2D eigenvalue weighted by atomic mass is 19.1. The molecular weight excluding hydrogens is 325 g/mol. The summed E-state index contributed by atoms with van der Waals surface area (Å²) in [7, 11) is 1.94. The van der Waals surface area contributed by atoms with Gasteiger partial charge in [-0.3, -0.25) is 5.01 Å². The number of hydrogen-bond donors (Lipinski definition) is 1. The van der Waals surface area contributed by atoms with Crippen molar-refractivity contribution in [3.8, 4) is 0 Å². The Morgan fingerprint density at radius 2 is 2.00 bits per heavy atom. The molecule has 0 heterocycles. The zero-order valence-corrected chi connectivity index (χ0v) is 17.3. The summed E-state index contributed by atoms with van der Waals surface area (Å²) in [4.78, 5) is 0. The Labute approximate surface area is 159 Å². The maximum atomic E-state index is 13.7. The monoisotopic (exact) mass is 361 g/mol. The molecule has 1 N–H and O–H groups in total. The number of hydrogen-bond acceptors (Lipinski definition) is 3. The minimum Gasteiger partial charge on any atom is -0.319 e. The molecule has 1 aromatic rings. The van der Waals surface area contributed by atoms with Gasteiger partial charge in [0.2, 0.25) is 0 Å². The van der Waals surface area contributed by atoms with Gasteiger partial charge in [-0.1, -0.05) is 52.0 Å². The first-order chi connectivity index (χ1) is 12.6. The molecule has 0 atom stereocenters. The quantitative estimate of drug-likeness (QED) is 0.317. The Hall–Kier alpha value is -1.94. The zero-order valence-electron chi connectivity index (χ0n) is 17.3. The molecule has 0 saturated carbocycles. The fourth-order valence-corrected chi connectivity index (χ4v) is 2.39. The lowest BCUT2D eigenvalue weighted by atomic mass is 10.2. The topological polar surface area (TPSA) is 27.6 Å². The summed E-state index contributed by atoms with van der Waals surface area (Å²) < 4.78 is 13.7. The number of nitrogens with zero attached hydrogens (tertiary/aromatic N) is 2. The van der Waals surface area contributed by atoms with Crippen LogP contribution in [-0.4, -0.2) is 25.8 Å². The van der Waals surface area contributed by atoms with Gasteiger partial charge in [0.1, 0.15) is 5.82 Å². The first kappa shape index (κ1) is 24.1. The van der Waals surface area contributed by atoms with E-state index in [1.807, 2.05) is 45.0 Å². The van der Waals surface area contributed by atoms with Gasteiger partial charge >= 0.3 is 0 Å². The summed E-state index contributed by atoms with van der Waals surface area (Å²) in [6.07, 6.45) is 9.02. The molecule has 1 aromatic carbocycles. The predicted octanol–water partition coefficient (Wildman–Crippen LogP) is 5.95. The molecule has 0 bridgehead atoms. The molecule has 0 saturated heterocycles. The second kappa shape index (κ2) is 15.3. The molecule has 4 heteroatoms. The van der Waals surface area contributed by atoms with Gasteiger partial charge in [0.25, 0.3) is 0 Å². The summed E-state index contributed by atoms with van der Waals surface area (Å²) in [6.45, 7) is 11.7. The summed E-state index contributed by atoms with van der Waals surface area (Å²) in [5, 5.41) is 9.87. The lowest BCUT2D eigenvalue weighted by Gasteiger charge is -2.22. The van der Waals surface area contributed by atoms with Crippen LogP contribution in [0.5, 0.6) is 0 Å². The average molecular weight is 362 g/mol. The molecule has 146 valence electrons. The number of allylic oxidation sites excluding steroid dienone is 2. The van der Waals surface area contributed by atoms with E-state index in [1.165, 1.54) is 17.7 Å². The van der Waals surface area contributed by atoms with E-state index < -0.39 is 0 Å². The van der Waals surface area contributed by atoms with Gasteiger partial charge in [0.05, 0.1) is 12.2 Å². The molecule has 0 amide bonds. The Balaban J connectivity index is 0.00000301. The first-order valence-corrected chi connectivity index (χ1v) is 9.70. The van der Waals surface area contributed by atoms with Gasteiger partial charge in [0, 0.05) is 12.3 Å². The van der Waals surface area contributed by atoms with E-state index in [-0.39, 0.29) is 5.82 Å². The zero-order chi connectivity index (χ0) is 19.8. The van der Waals surface area contributed by atoms with E-state index in [9.17, 15) is 4.39 Å². The highest BCUT2D eigenvalue weighted by Gasteiger charge is 2.09. The molecule has 0 aliphatic heterocycles. The first-order valence-electron chi connectivity index (χ1n) is 9.70. The molecule has 26 heavy (non-hydrogen) atoms. The van der Waals surface area contributed by atoms with Crippen LogP contribution in [0.15, 0.2) is 53.2 Å². The van der Waals surface area contributed by atoms with E-state index in [2.05, 4.69) is 31.3 Å². The third-order valence-electron chi connectivity index (χ3n) is 3.62. The second-order valence-corrected chi connectivity index (χ2v) is 5.60. The van der Waals surface area contributed by atoms with E-state index in [1.54, 1.807) is 6.07 Å². The van der Waals surface area contributed by atoms with E-state index in [0.717, 1.165) is 37.2 Å². The maximum absolute atomic E-state index is 13.7. The fraction of sp³-hybridized carbons (Fsp3) is 0.500. The molecule has 0 radical (unpaired) electrons. The molecule has 0 spiro atoms. The number of rotatable bonds is 10. The number of nitrogens with one attached hydrogen (secondary N) is 1. The Morgan fingerprint density at radius 1 is 1.27 bits per heavy atom. The van der Waals surface area contributed by atoms with Crippen molar-refractivity contribution in [1.29, 1.82) is 0 Å². The third-order valence-corrected chi connectivity index (χ3v) is 3.62. The number of benzene rings is 1. The summed E-state index contributed by atoms with van der Waals surface area (Å²) in [5.41, 5.74) is 3.05. The number of hydrazone groups is 1. The number of anilines is 1. The van der Waals surface area contributed by atoms with E-state index >= 15 is 0 Å². The second-order valence-electron chi connectivity index (χ2n) is 5.60. The van der Waals surface area contributed by atoms with Crippen LogP contribution in [0.1, 0.15) is 53.9 Å². The minimum atomic E-state index is -0.243. The highest BCUT2D eigenvalue weighted by Crippen LogP contribution is 2.19. The van der Waals surface area contributed by atoms with Gasteiger partial charge in [-0.2, -0.15) is 5.10 Å². The molecular formula is C22H36FN3. The average Bonchev–Trinajstić information content (AvgIpc) is 2.66. The van der Waals surface area contributed by atoms with Crippen molar-refractivity contribution in [2.45, 2.75) is 53.9 Å². The van der Waals surface area contributed by atoms with Crippen molar-refractivity contribution in [2.24, 2.45) is 5.10 Å². The van der Waals surface area contributed by atoms with Gasteiger partial charge in [-0.15, -0.1) is 0 Å². The van der Waals surface area contributed by atoms with Crippen LogP contribution in [0.3, 0.4) is 0 Å². The van der Waals surface area contributed by atoms with Gasteiger partial charge in [-0.05, 0) is 57.0 Å². The fourth-order valence-electron chi connectivity index (χ4n) is 2.39. The summed E-state index contributed by atoms with van der Waals surface area (Å²) >= 11 is 0. The predicted molar refractivity (Wildman–Crippen MR) is 115 cm³/mol. The van der Waals surface area contributed by atoms with Crippen molar-refractivity contribution in [2.75, 3.05) is 25.1 Å². The lowest BCUT2D eigenvalue weighted by Crippen LogP contribution is -2.23. The van der Waals surface area contributed by atoms with Crippen LogP contribution < -0.4 is 10.3 Å². The standard InChI is InChI=1S/C20H30FN3.C2H6/c1-5-9-17(10-6-2)16-24(20-12-8-11-18(21)15-20)23-19(7-3)13-14-22-4;1-2/h5,8-12,15,22H,6-7,13-14,16H2,1-4H3;1-2H3/b9-5-,17-10+,23-19+;. The van der Waals surface area contributed by atoms with Gasteiger partial charge < -0.3 is 5.32 Å². The van der Waals surface area contributed by atoms with Crippen molar-refractivity contribution in [1.82, 2.24) is 5.32 Å². The molecule has 0 aliphatic carbocycles. The van der Waals surface area contributed by atoms with Crippen molar-refractivity contribution in [3.63, 3.8) is 0 Å². The smallest absolute Gasteiger partial charge is 0.125 e. The molecule has 0 fully saturated rings. The van der Waals surface area contributed by atoms with Crippen molar-refractivity contribution >= 4 is 11.4 Å². The third kappa shape index (κ3) is 9.52. The SMILES string of the molecule is C/C=C\C(=C/CC)CN(/N=C(\CC)CCNC)c1cccc(F)c1.CC. The van der Waals surface area contributed by atoms with Crippen LogP contribution >= 0.6 is 0 Å². The lowest BCUT2D eigenvalue weighted by molar-refractivity contribution is 0.627. The van der Waals surface area contributed by atoms with Crippen molar-refractivity contribution in [3.05, 3.63) is 53.9 Å².